The first-order chi connectivity index (χ1) is 17.3. The van der Waals surface area contributed by atoms with Gasteiger partial charge in [-0.1, -0.05) is 48.5 Å². The molecule has 1 aliphatic rings. The topological polar surface area (TPSA) is 124 Å². The minimum Gasteiger partial charge on any atom is -0.507 e. The number of anilines is 2. The lowest BCUT2D eigenvalue weighted by Crippen LogP contribution is -2.29. The van der Waals surface area contributed by atoms with Gasteiger partial charge < -0.3 is 15.5 Å². The minimum atomic E-state index is -1.35. The number of aromatic carboxylic acids is 1. The zero-order chi connectivity index (χ0) is 25.4. The van der Waals surface area contributed by atoms with Gasteiger partial charge in [-0.2, -0.15) is 0 Å². The van der Waals surface area contributed by atoms with Crippen molar-refractivity contribution in [1.29, 1.82) is 0 Å². The standard InChI is InChI=1S/C28H18N2O6/c31-24-13-11-18(15-22(24)28(35)36)29-25(32)17-10-12-20-21(14-17)27(34)30(26(20)33)23-9-5-4-8-19(23)16-6-2-1-3-7-16/h1-15,31H,(H,29,32)(H,35,36). The van der Waals surface area contributed by atoms with Crippen LogP contribution in [0, 0.1) is 0 Å². The molecule has 0 saturated carbocycles. The largest absolute Gasteiger partial charge is 0.507 e. The first-order valence-corrected chi connectivity index (χ1v) is 10.9. The number of hydrogen-bond acceptors (Lipinski definition) is 5. The number of rotatable bonds is 5. The Morgan fingerprint density at radius 2 is 1.42 bits per heavy atom. The molecule has 0 fully saturated rings. The van der Waals surface area contributed by atoms with E-state index >= 15 is 0 Å². The molecule has 0 unspecified atom stereocenters. The summed E-state index contributed by atoms with van der Waals surface area (Å²) in [4.78, 5) is 51.8. The summed E-state index contributed by atoms with van der Waals surface area (Å²) < 4.78 is 0. The third-order valence-corrected chi connectivity index (χ3v) is 5.86. The van der Waals surface area contributed by atoms with Crippen LogP contribution in [0.3, 0.4) is 0 Å². The summed E-state index contributed by atoms with van der Waals surface area (Å²) in [6.45, 7) is 0. The molecule has 8 nitrogen and oxygen atoms in total. The minimum absolute atomic E-state index is 0.0902. The van der Waals surface area contributed by atoms with Crippen LogP contribution in [-0.4, -0.2) is 33.9 Å². The van der Waals surface area contributed by atoms with Gasteiger partial charge in [-0.15, -0.1) is 0 Å². The van der Waals surface area contributed by atoms with Gasteiger partial charge in [0.05, 0.1) is 16.8 Å². The number of nitrogens with one attached hydrogen (secondary N) is 1. The van der Waals surface area contributed by atoms with E-state index in [1.807, 2.05) is 42.5 Å². The van der Waals surface area contributed by atoms with E-state index in [1.165, 1.54) is 24.3 Å². The number of nitrogens with zero attached hydrogens (tertiary/aromatic N) is 1. The highest BCUT2D eigenvalue weighted by Crippen LogP contribution is 2.36. The quantitative estimate of drug-likeness (QED) is 0.279. The first-order valence-electron chi connectivity index (χ1n) is 10.9. The number of carboxylic acid groups (broad SMARTS) is 1. The molecule has 0 radical (unpaired) electrons. The number of carboxylic acids is 1. The molecule has 4 aromatic rings. The summed E-state index contributed by atoms with van der Waals surface area (Å²) in [6.07, 6.45) is 0. The summed E-state index contributed by atoms with van der Waals surface area (Å²) in [5, 5.41) is 21.4. The van der Waals surface area contributed by atoms with E-state index in [-0.39, 0.29) is 27.9 Å². The highest BCUT2D eigenvalue weighted by molar-refractivity contribution is 6.35. The van der Waals surface area contributed by atoms with Gasteiger partial charge in [-0.05, 0) is 48.0 Å². The average molecular weight is 478 g/mol. The van der Waals surface area contributed by atoms with Crippen molar-refractivity contribution in [3.63, 3.8) is 0 Å². The van der Waals surface area contributed by atoms with Crippen LogP contribution in [0.25, 0.3) is 11.1 Å². The smallest absolute Gasteiger partial charge is 0.339 e. The fourth-order valence-electron chi connectivity index (χ4n) is 4.12. The van der Waals surface area contributed by atoms with E-state index in [0.29, 0.717) is 11.3 Å². The van der Waals surface area contributed by atoms with E-state index in [9.17, 15) is 24.3 Å². The molecule has 3 N–H and O–H groups in total. The Bertz CT molecular complexity index is 1560. The number of phenols is 1. The molecule has 5 rings (SSSR count). The van der Waals surface area contributed by atoms with E-state index < -0.39 is 29.4 Å². The summed E-state index contributed by atoms with van der Waals surface area (Å²) in [5.41, 5.74) is 2.16. The lowest BCUT2D eigenvalue weighted by Gasteiger charge is -2.18. The molecule has 3 amide bonds. The molecule has 36 heavy (non-hydrogen) atoms. The lowest BCUT2D eigenvalue weighted by atomic mass is 10.0. The second-order valence-electron chi connectivity index (χ2n) is 8.08. The Balaban J connectivity index is 1.46. The van der Waals surface area contributed by atoms with E-state index in [1.54, 1.807) is 12.1 Å². The van der Waals surface area contributed by atoms with Crippen molar-refractivity contribution in [2.75, 3.05) is 10.2 Å². The van der Waals surface area contributed by atoms with Crippen LogP contribution in [0.15, 0.2) is 91.0 Å². The van der Waals surface area contributed by atoms with Crippen LogP contribution in [0.1, 0.15) is 41.4 Å². The van der Waals surface area contributed by atoms with Gasteiger partial charge in [0.1, 0.15) is 11.3 Å². The number of carbonyl (C=O) groups excluding carboxylic acids is 3. The van der Waals surface area contributed by atoms with Gasteiger partial charge in [-0.3, -0.25) is 14.4 Å². The van der Waals surface area contributed by atoms with Crippen LogP contribution in [0.4, 0.5) is 11.4 Å². The Kier molecular flexibility index (Phi) is 5.54. The second-order valence-corrected chi connectivity index (χ2v) is 8.08. The Morgan fingerprint density at radius 1 is 0.722 bits per heavy atom. The molecule has 0 aromatic heterocycles. The van der Waals surface area contributed by atoms with Crippen LogP contribution < -0.4 is 10.2 Å². The molecule has 176 valence electrons. The van der Waals surface area contributed by atoms with Gasteiger partial charge in [0, 0.05) is 16.8 Å². The molecule has 0 saturated heterocycles. The normalized spacial score (nSPS) is 12.4. The van der Waals surface area contributed by atoms with Crippen molar-refractivity contribution in [1.82, 2.24) is 0 Å². The van der Waals surface area contributed by atoms with E-state index in [2.05, 4.69) is 5.32 Å². The molecule has 0 atom stereocenters. The van der Waals surface area contributed by atoms with Gasteiger partial charge in [-0.25, -0.2) is 9.69 Å². The molecule has 1 heterocycles. The molecular formula is C28H18N2O6. The highest BCUT2D eigenvalue weighted by Gasteiger charge is 2.38. The Hall–Kier alpha value is -5.24. The zero-order valence-corrected chi connectivity index (χ0v) is 18.6. The second kappa shape index (κ2) is 8.84. The van der Waals surface area contributed by atoms with Crippen molar-refractivity contribution in [2.45, 2.75) is 0 Å². The maximum atomic E-state index is 13.4. The fourth-order valence-corrected chi connectivity index (χ4v) is 4.12. The van der Waals surface area contributed by atoms with Gasteiger partial charge in [0.2, 0.25) is 0 Å². The van der Waals surface area contributed by atoms with Gasteiger partial charge >= 0.3 is 5.97 Å². The van der Waals surface area contributed by atoms with Crippen LogP contribution >= 0.6 is 0 Å². The van der Waals surface area contributed by atoms with Crippen LogP contribution in [0.2, 0.25) is 0 Å². The number of hydrogen-bond donors (Lipinski definition) is 3. The summed E-state index contributed by atoms with van der Waals surface area (Å²) in [7, 11) is 0. The average Bonchev–Trinajstić information content (AvgIpc) is 3.14. The molecule has 0 bridgehead atoms. The number of amides is 3. The predicted molar refractivity (Wildman–Crippen MR) is 132 cm³/mol. The lowest BCUT2D eigenvalue weighted by molar-refractivity contribution is 0.0692. The number of imide groups is 1. The SMILES string of the molecule is O=C(Nc1ccc(O)c(C(=O)O)c1)c1ccc2c(c1)C(=O)N(c1ccccc1-c1ccccc1)C2=O. The number of carbonyl (C=O) groups is 4. The Labute approximate surface area is 205 Å². The number of benzene rings is 4. The summed E-state index contributed by atoms with van der Waals surface area (Å²) in [5.74, 6) is -3.43. The summed E-state index contributed by atoms with van der Waals surface area (Å²) in [6, 6.07) is 24.3. The fraction of sp³-hybridized carbons (Fsp3) is 0. The number of aromatic hydroxyl groups is 1. The van der Waals surface area contributed by atoms with E-state index in [4.69, 9.17) is 5.11 Å². The highest BCUT2D eigenvalue weighted by atomic mass is 16.4. The summed E-state index contributed by atoms with van der Waals surface area (Å²) >= 11 is 0. The van der Waals surface area contributed by atoms with Gasteiger partial charge in [0.25, 0.3) is 17.7 Å². The predicted octanol–water partition coefficient (Wildman–Crippen LogP) is 4.81. The maximum absolute atomic E-state index is 13.4. The molecular weight excluding hydrogens is 460 g/mol. The maximum Gasteiger partial charge on any atom is 0.339 e. The third-order valence-electron chi connectivity index (χ3n) is 5.86. The van der Waals surface area contributed by atoms with Crippen molar-refractivity contribution in [2.24, 2.45) is 0 Å². The third kappa shape index (κ3) is 3.86. The van der Waals surface area contributed by atoms with Crippen LogP contribution in [0.5, 0.6) is 5.75 Å². The number of fused-ring (bicyclic) bond motifs is 1. The zero-order valence-electron chi connectivity index (χ0n) is 18.6. The van der Waals surface area contributed by atoms with Crippen molar-refractivity contribution >= 4 is 35.1 Å². The molecule has 0 aliphatic carbocycles. The monoisotopic (exact) mass is 478 g/mol. The molecule has 4 aromatic carbocycles. The van der Waals surface area contributed by atoms with Crippen molar-refractivity contribution < 1.29 is 29.4 Å². The van der Waals surface area contributed by atoms with Crippen LogP contribution in [-0.2, 0) is 0 Å². The van der Waals surface area contributed by atoms with Gasteiger partial charge in [0.15, 0.2) is 0 Å². The number of para-hydroxylation sites is 1. The Morgan fingerprint density at radius 3 is 2.17 bits per heavy atom. The molecule has 8 heteroatoms. The van der Waals surface area contributed by atoms with Crippen molar-refractivity contribution in [3.05, 3.63) is 113 Å². The molecule has 1 aliphatic heterocycles. The van der Waals surface area contributed by atoms with Crippen molar-refractivity contribution in [3.8, 4) is 16.9 Å². The van der Waals surface area contributed by atoms with E-state index in [0.717, 1.165) is 22.6 Å². The first kappa shape index (κ1) is 22.5. The molecule has 0 spiro atoms.